The Morgan fingerprint density at radius 1 is 1.15 bits per heavy atom. The van der Waals surface area contributed by atoms with Crippen molar-refractivity contribution in [2.75, 3.05) is 5.43 Å². The van der Waals surface area contributed by atoms with Crippen molar-refractivity contribution >= 4 is 11.7 Å². The molecule has 0 saturated carbocycles. The van der Waals surface area contributed by atoms with Crippen LogP contribution in [0.25, 0.3) is 0 Å². The fourth-order valence-corrected chi connectivity index (χ4v) is 1.76. The summed E-state index contributed by atoms with van der Waals surface area (Å²) in [5, 5.41) is 13.0. The monoisotopic (exact) mass is 265 g/mol. The van der Waals surface area contributed by atoms with E-state index in [0.29, 0.717) is 11.5 Å². The van der Waals surface area contributed by atoms with E-state index >= 15 is 0 Å². The molecule has 0 bridgehead atoms. The molecular formula is C15H15N5. The van der Waals surface area contributed by atoms with Crippen LogP contribution in [0.2, 0.25) is 0 Å². The maximum atomic E-state index is 8.76. The van der Waals surface area contributed by atoms with Gasteiger partial charge in [0.05, 0.1) is 17.3 Å². The van der Waals surface area contributed by atoms with Crippen LogP contribution in [-0.4, -0.2) is 15.7 Å². The number of nitrogens with one attached hydrogen (secondary N) is 1. The van der Waals surface area contributed by atoms with Crippen molar-refractivity contribution in [1.82, 2.24) is 9.97 Å². The summed E-state index contributed by atoms with van der Waals surface area (Å²) in [6, 6.07) is 11.2. The Labute approximate surface area is 118 Å². The Hall–Kier alpha value is -2.74. The predicted molar refractivity (Wildman–Crippen MR) is 78.5 cm³/mol. The number of anilines is 1. The summed E-state index contributed by atoms with van der Waals surface area (Å²) >= 11 is 0. The Balaban J connectivity index is 2.15. The van der Waals surface area contributed by atoms with Crippen LogP contribution in [0.1, 0.15) is 29.4 Å². The minimum atomic E-state index is 0.482. The molecule has 0 amide bonds. The largest absolute Gasteiger partial charge is 0.245 e. The molecular weight excluding hydrogens is 250 g/mol. The van der Waals surface area contributed by atoms with Gasteiger partial charge >= 0.3 is 0 Å². The number of hydrogen-bond donors (Lipinski definition) is 1. The van der Waals surface area contributed by atoms with Gasteiger partial charge in [0.2, 0.25) is 5.95 Å². The molecule has 0 fully saturated rings. The summed E-state index contributed by atoms with van der Waals surface area (Å²) in [7, 11) is 0. The molecule has 0 spiro atoms. The fraction of sp³-hybridized carbons (Fsp3) is 0.200. The summed E-state index contributed by atoms with van der Waals surface area (Å²) in [4.78, 5) is 8.51. The molecule has 0 saturated heterocycles. The topological polar surface area (TPSA) is 74.0 Å². The number of rotatable bonds is 3. The highest BCUT2D eigenvalue weighted by Crippen LogP contribution is 2.07. The van der Waals surface area contributed by atoms with Crippen LogP contribution in [0, 0.1) is 25.2 Å². The van der Waals surface area contributed by atoms with Crippen LogP contribution >= 0.6 is 0 Å². The number of nitrogens with zero attached hydrogens (tertiary/aromatic N) is 4. The van der Waals surface area contributed by atoms with Crippen LogP contribution in [0.15, 0.2) is 35.4 Å². The Kier molecular flexibility index (Phi) is 4.06. The molecule has 5 nitrogen and oxygen atoms in total. The van der Waals surface area contributed by atoms with Crippen LogP contribution in [0.5, 0.6) is 0 Å². The predicted octanol–water partition coefficient (Wildman–Crippen LogP) is 2.80. The van der Waals surface area contributed by atoms with E-state index in [9.17, 15) is 0 Å². The molecule has 0 unspecified atom stereocenters. The number of aromatic nitrogens is 2. The highest BCUT2D eigenvalue weighted by molar-refractivity contribution is 5.99. The third-order valence-electron chi connectivity index (χ3n) is 2.74. The van der Waals surface area contributed by atoms with E-state index in [1.165, 1.54) is 0 Å². The maximum Gasteiger partial charge on any atom is 0.243 e. The number of hydrogen-bond acceptors (Lipinski definition) is 5. The maximum absolute atomic E-state index is 8.76. The Morgan fingerprint density at radius 2 is 1.75 bits per heavy atom. The second kappa shape index (κ2) is 5.93. The van der Waals surface area contributed by atoms with Crippen molar-refractivity contribution in [1.29, 1.82) is 5.26 Å². The fourth-order valence-electron chi connectivity index (χ4n) is 1.76. The third-order valence-corrected chi connectivity index (χ3v) is 2.74. The molecule has 0 aliphatic rings. The first-order valence-corrected chi connectivity index (χ1v) is 6.21. The van der Waals surface area contributed by atoms with E-state index in [-0.39, 0.29) is 0 Å². The average Bonchev–Trinajstić information content (AvgIpc) is 2.44. The zero-order chi connectivity index (χ0) is 14.5. The van der Waals surface area contributed by atoms with Crippen molar-refractivity contribution in [2.24, 2.45) is 5.10 Å². The summed E-state index contributed by atoms with van der Waals surface area (Å²) in [5.41, 5.74) is 7.02. The van der Waals surface area contributed by atoms with Crippen LogP contribution in [0.4, 0.5) is 5.95 Å². The molecule has 100 valence electrons. The molecule has 0 aliphatic carbocycles. The number of nitriles is 1. The Morgan fingerprint density at radius 3 is 2.30 bits per heavy atom. The summed E-state index contributed by atoms with van der Waals surface area (Å²) in [5.74, 6) is 0.482. The van der Waals surface area contributed by atoms with Gasteiger partial charge in [-0.2, -0.15) is 10.4 Å². The lowest BCUT2D eigenvalue weighted by molar-refractivity contribution is 1.03. The molecule has 0 aliphatic heterocycles. The first-order valence-electron chi connectivity index (χ1n) is 6.21. The second-order valence-corrected chi connectivity index (χ2v) is 4.47. The van der Waals surface area contributed by atoms with Gasteiger partial charge in [0.15, 0.2) is 0 Å². The second-order valence-electron chi connectivity index (χ2n) is 4.47. The summed E-state index contributed by atoms with van der Waals surface area (Å²) in [6.07, 6.45) is 0. The van der Waals surface area contributed by atoms with Crippen molar-refractivity contribution in [3.63, 3.8) is 0 Å². The zero-order valence-corrected chi connectivity index (χ0v) is 11.7. The van der Waals surface area contributed by atoms with Gasteiger partial charge in [0.1, 0.15) is 0 Å². The first kappa shape index (κ1) is 13.7. The van der Waals surface area contributed by atoms with Crippen molar-refractivity contribution in [2.45, 2.75) is 20.8 Å². The lowest BCUT2D eigenvalue weighted by Gasteiger charge is -2.04. The van der Waals surface area contributed by atoms with E-state index in [1.54, 1.807) is 12.1 Å². The zero-order valence-electron chi connectivity index (χ0n) is 11.7. The molecule has 1 heterocycles. The quantitative estimate of drug-likeness (QED) is 0.684. The molecule has 1 aromatic heterocycles. The van der Waals surface area contributed by atoms with E-state index in [4.69, 9.17) is 5.26 Å². The van der Waals surface area contributed by atoms with Gasteiger partial charge in [-0.05, 0) is 44.5 Å². The number of hydrazone groups is 1. The van der Waals surface area contributed by atoms with Gasteiger partial charge < -0.3 is 0 Å². The van der Waals surface area contributed by atoms with Crippen LogP contribution in [-0.2, 0) is 0 Å². The van der Waals surface area contributed by atoms with Crippen molar-refractivity contribution < 1.29 is 0 Å². The highest BCUT2D eigenvalue weighted by Gasteiger charge is 2.00. The van der Waals surface area contributed by atoms with Gasteiger partial charge in [-0.15, -0.1) is 0 Å². The van der Waals surface area contributed by atoms with Gasteiger partial charge in [-0.25, -0.2) is 15.4 Å². The van der Waals surface area contributed by atoms with Gasteiger partial charge in [-0.3, -0.25) is 0 Å². The van der Waals surface area contributed by atoms with E-state index in [0.717, 1.165) is 22.7 Å². The lowest BCUT2D eigenvalue weighted by Crippen LogP contribution is -2.03. The SMILES string of the molecule is C/C(=N\Nc1nc(C)cc(C)n1)c1ccc(C#N)cc1. The van der Waals surface area contributed by atoms with Crippen LogP contribution < -0.4 is 5.43 Å². The molecule has 2 aromatic rings. The van der Waals surface area contributed by atoms with E-state index in [1.807, 2.05) is 39.0 Å². The molecule has 5 heteroatoms. The third kappa shape index (κ3) is 3.39. The molecule has 0 radical (unpaired) electrons. The summed E-state index contributed by atoms with van der Waals surface area (Å²) < 4.78 is 0. The summed E-state index contributed by atoms with van der Waals surface area (Å²) in [6.45, 7) is 5.71. The van der Waals surface area contributed by atoms with Crippen molar-refractivity contribution in [3.8, 4) is 6.07 Å². The Bertz CT molecular complexity index is 660. The number of aryl methyl sites for hydroxylation is 2. The van der Waals surface area contributed by atoms with E-state index < -0.39 is 0 Å². The molecule has 0 atom stereocenters. The average molecular weight is 265 g/mol. The molecule has 20 heavy (non-hydrogen) atoms. The van der Waals surface area contributed by atoms with E-state index in [2.05, 4.69) is 26.6 Å². The van der Waals surface area contributed by atoms with Gasteiger partial charge in [0.25, 0.3) is 0 Å². The van der Waals surface area contributed by atoms with Gasteiger partial charge in [-0.1, -0.05) is 12.1 Å². The number of benzene rings is 1. The molecule has 1 aromatic carbocycles. The van der Waals surface area contributed by atoms with Crippen LogP contribution in [0.3, 0.4) is 0 Å². The normalized spacial score (nSPS) is 11.0. The standard InChI is InChI=1S/C15H15N5/c1-10-8-11(2)18-15(17-10)20-19-12(3)14-6-4-13(9-16)5-7-14/h4-8H,1-3H3,(H,17,18,20)/b19-12+. The van der Waals surface area contributed by atoms with Crippen molar-refractivity contribution in [3.05, 3.63) is 52.8 Å². The first-order chi connectivity index (χ1) is 9.58. The lowest BCUT2D eigenvalue weighted by atomic mass is 10.1. The minimum absolute atomic E-state index is 0.482. The highest BCUT2D eigenvalue weighted by atomic mass is 15.4. The minimum Gasteiger partial charge on any atom is -0.245 e. The van der Waals surface area contributed by atoms with Gasteiger partial charge in [0, 0.05) is 11.4 Å². The molecule has 1 N–H and O–H groups in total. The smallest absolute Gasteiger partial charge is 0.243 e. The molecule has 2 rings (SSSR count).